The van der Waals surface area contributed by atoms with Crippen molar-refractivity contribution in [2.24, 2.45) is 18.9 Å². The molecule has 4 nitrogen and oxygen atoms in total. The van der Waals surface area contributed by atoms with Gasteiger partial charge in [-0.05, 0) is 30.0 Å². The van der Waals surface area contributed by atoms with Crippen LogP contribution in [0.1, 0.15) is 30.8 Å². The summed E-state index contributed by atoms with van der Waals surface area (Å²) in [5.41, 5.74) is 0.826. The molecule has 3 rings (SSSR count). The monoisotopic (exact) mass is 287 g/mol. The van der Waals surface area contributed by atoms with Crippen LogP contribution in [0.15, 0.2) is 36.7 Å². The fourth-order valence-electron chi connectivity index (χ4n) is 2.54. The average molecular weight is 287 g/mol. The largest absolute Gasteiger partial charge is 0.342 e. The van der Waals surface area contributed by atoms with Gasteiger partial charge in [-0.25, -0.2) is 9.37 Å². The van der Waals surface area contributed by atoms with Crippen LogP contribution in [0.5, 0.6) is 0 Å². The lowest BCUT2D eigenvalue weighted by Crippen LogP contribution is -2.32. The van der Waals surface area contributed by atoms with Crippen LogP contribution in [-0.4, -0.2) is 15.5 Å². The summed E-state index contributed by atoms with van der Waals surface area (Å²) in [6.45, 7) is 2.07. The number of carbonyl (C=O) groups is 1. The van der Waals surface area contributed by atoms with Gasteiger partial charge >= 0.3 is 0 Å². The maximum absolute atomic E-state index is 13.1. The fourth-order valence-corrected chi connectivity index (χ4v) is 2.54. The van der Waals surface area contributed by atoms with E-state index in [0.717, 1.165) is 17.8 Å². The van der Waals surface area contributed by atoms with Crippen LogP contribution in [-0.2, 0) is 11.8 Å². The Labute approximate surface area is 123 Å². The SMILES string of the molecule is C[C@@H]1C[C@@H]1C(=O)N[C@H](c1ccc(F)cc1)c1nccn1C. The molecule has 1 aromatic carbocycles. The van der Waals surface area contributed by atoms with E-state index in [0.29, 0.717) is 5.92 Å². The molecule has 1 aliphatic rings. The molecule has 21 heavy (non-hydrogen) atoms. The number of nitrogens with one attached hydrogen (secondary N) is 1. The summed E-state index contributed by atoms with van der Waals surface area (Å²) in [5.74, 6) is 1.02. The quantitative estimate of drug-likeness (QED) is 0.938. The Kier molecular flexibility index (Phi) is 3.49. The molecule has 0 bridgehead atoms. The summed E-state index contributed by atoms with van der Waals surface area (Å²) < 4.78 is 15.0. The van der Waals surface area contributed by atoms with Gasteiger partial charge in [-0.3, -0.25) is 4.79 Å². The summed E-state index contributed by atoms with van der Waals surface area (Å²) in [4.78, 5) is 16.6. The molecule has 1 fully saturated rings. The molecule has 0 spiro atoms. The molecule has 3 atom stereocenters. The minimum absolute atomic E-state index is 0.0415. The van der Waals surface area contributed by atoms with E-state index in [-0.39, 0.29) is 23.7 Å². The van der Waals surface area contributed by atoms with Crippen molar-refractivity contribution in [1.82, 2.24) is 14.9 Å². The first kappa shape index (κ1) is 13.8. The third-order valence-electron chi connectivity index (χ3n) is 4.05. The molecule has 1 N–H and O–H groups in total. The summed E-state index contributed by atoms with van der Waals surface area (Å²) in [5, 5.41) is 3.04. The lowest BCUT2D eigenvalue weighted by molar-refractivity contribution is -0.123. The third kappa shape index (κ3) is 2.82. The van der Waals surface area contributed by atoms with Crippen LogP contribution in [0.25, 0.3) is 0 Å². The zero-order valence-electron chi connectivity index (χ0n) is 12.1. The summed E-state index contributed by atoms with van der Waals surface area (Å²) in [7, 11) is 1.88. The van der Waals surface area contributed by atoms with Gasteiger partial charge in [0.1, 0.15) is 17.7 Å². The second kappa shape index (κ2) is 5.31. The minimum Gasteiger partial charge on any atom is -0.342 e. The van der Waals surface area contributed by atoms with Crippen LogP contribution in [0.2, 0.25) is 0 Å². The topological polar surface area (TPSA) is 46.9 Å². The number of aryl methyl sites for hydroxylation is 1. The Bertz CT molecular complexity index is 650. The van der Waals surface area contributed by atoms with Gasteiger partial charge in [0.05, 0.1) is 0 Å². The second-order valence-electron chi connectivity index (χ2n) is 5.71. The maximum Gasteiger partial charge on any atom is 0.224 e. The van der Waals surface area contributed by atoms with E-state index < -0.39 is 0 Å². The van der Waals surface area contributed by atoms with Crippen LogP contribution >= 0.6 is 0 Å². The minimum atomic E-state index is -0.356. The van der Waals surface area contributed by atoms with E-state index in [1.807, 2.05) is 17.8 Å². The standard InChI is InChI=1S/C16H18FN3O/c1-10-9-13(10)16(21)19-14(15-18-7-8-20(15)2)11-3-5-12(17)6-4-11/h3-8,10,13-14H,9H2,1-2H3,(H,19,21)/t10-,13+,14-/m1/s1. The molecule has 1 amide bonds. The summed E-state index contributed by atoms with van der Waals surface area (Å²) in [6, 6.07) is 5.82. The lowest BCUT2D eigenvalue weighted by Gasteiger charge is -2.19. The average Bonchev–Trinajstić information content (AvgIpc) is 3.05. The predicted octanol–water partition coefficient (Wildman–Crippen LogP) is 2.42. The van der Waals surface area contributed by atoms with Crippen molar-refractivity contribution >= 4 is 5.91 Å². The molecule has 1 aliphatic carbocycles. The zero-order valence-corrected chi connectivity index (χ0v) is 12.1. The zero-order chi connectivity index (χ0) is 15.0. The number of aromatic nitrogens is 2. The number of benzene rings is 1. The smallest absolute Gasteiger partial charge is 0.224 e. The van der Waals surface area contributed by atoms with E-state index in [1.54, 1.807) is 18.3 Å². The highest BCUT2D eigenvalue weighted by Crippen LogP contribution is 2.38. The van der Waals surface area contributed by atoms with Crippen molar-refractivity contribution in [1.29, 1.82) is 0 Å². The van der Waals surface area contributed by atoms with E-state index in [2.05, 4.69) is 17.2 Å². The molecule has 0 radical (unpaired) electrons. The van der Waals surface area contributed by atoms with Crippen LogP contribution in [0, 0.1) is 17.7 Å². The molecule has 110 valence electrons. The van der Waals surface area contributed by atoms with Gasteiger partial charge in [0.15, 0.2) is 0 Å². The maximum atomic E-state index is 13.1. The molecule has 1 saturated carbocycles. The van der Waals surface area contributed by atoms with E-state index in [9.17, 15) is 9.18 Å². The molecular formula is C16H18FN3O. The van der Waals surface area contributed by atoms with Gasteiger partial charge in [0.25, 0.3) is 0 Å². The number of hydrogen-bond acceptors (Lipinski definition) is 2. The van der Waals surface area contributed by atoms with Gasteiger partial charge < -0.3 is 9.88 Å². The van der Waals surface area contributed by atoms with Crippen LogP contribution in [0.3, 0.4) is 0 Å². The van der Waals surface area contributed by atoms with Crippen molar-refractivity contribution in [3.8, 4) is 0 Å². The summed E-state index contributed by atoms with van der Waals surface area (Å²) in [6.07, 6.45) is 4.46. The molecule has 0 unspecified atom stereocenters. The molecular weight excluding hydrogens is 269 g/mol. The highest BCUT2D eigenvalue weighted by molar-refractivity contribution is 5.82. The van der Waals surface area contributed by atoms with Crippen LogP contribution in [0.4, 0.5) is 4.39 Å². The van der Waals surface area contributed by atoms with Crippen LogP contribution < -0.4 is 5.32 Å². The molecule has 0 aliphatic heterocycles. The van der Waals surface area contributed by atoms with E-state index in [4.69, 9.17) is 0 Å². The van der Waals surface area contributed by atoms with E-state index >= 15 is 0 Å². The predicted molar refractivity (Wildman–Crippen MR) is 76.9 cm³/mol. The van der Waals surface area contributed by atoms with Crippen molar-refractivity contribution in [3.63, 3.8) is 0 Å². The lowest BCUT2D eigenvalue weighted by atomic mass is 10.1. The van der Waals surface area contributed by atoms with Crippen molar-refractivity contribution < 1.29 is 9.18 Å². The number of nitrogens with zero attached hydrogens (tertiary/aromatic N) is 2. The van der Waals surface area contributed by atoms with Gasteiger partial charge in [-0.15, -0.1) is 0 Å². The number of halogens is 1. The second-order valence-corrected chi connectivity index (χ2v) is 5.71. The number of carbonyl (C=O) groups excluding carboxylic acids is 1. The normalized spacial score (nSPS) is 21.9. The molecule has 0 saturated heterocycles. The third-order valence-corrected chi connectivity index (χ3v) is 4.05. The molecule has 1 heterocycles. The first-order valence-electron chi connectivity index (χ1n) is 7.09. The fraction of sp³-hybridized carbons (Fsp3) is 0.375. The molecule has 1 aromatic heterocycles. The Morgan fingerprint density at radius 1 is 1.43 bits per heavy atom. The number of rotatable bonds is 4. The Morgan fingerprint density at radius 2 is 2.10 bits per heavy atom. The van der Waals surface area contributed by atoms with Crippen molar-refractivity contribution in [2.45, 2.75) is 19.4 Å². The number of hydrogen-bond donors (Lipinski definition) is 1. The Hall–Kier alpha value is -2.17. The number of amides is 1. The first-order valence-corrected chi connectivity index (χ1v) is 7.09. The first-order chi connectivity index (χ1) is 10.1. The van der Waals surface area contributed by atoms with Crippen molar-refractivity contribution in [3.05, 3.63) is 53.9 Å². The highest BCUT2D eigenvalue weighted by atomic mass is 19.1. The Balaban J connectivity index is 1.89. The van der Waals surface area contributed by atoms with E-state index in [1.165, 1.54) is 12.1 Å². The Morgan fingerprint density at radius 3 is 2.62 bits per heavy atom. The van der Waals surface area contributed by atoms with Gasteiger partial charge in [-0.2, -0.15) is 0 Å². The van der Waals surface area contributed by atoms with Gasteiger partial charge in [0.2, 0.25) is 5.91 Å². The highest BCUT2D eigenvalue weighted by Gasteiger charge is 2.40. The van der Waals surface area contributed by atoms with Crippen molar-refractivity contribution in [2.75, 3.05) is 0 Å². The molecule has 5 heteroatoms. The molecule has 2 aromatic rings. The van der Waals surface area contributed by atoms with Gasteiger partial charge in [-0.1, -0.05) is 19.1 Å². The van der Waals surface area contributed by atoms with Gasteiger partial charge in [0, 0.05) is 25.4 Å². The number of imidazole rings is 1. The summed E-state index contributed by atoms with van der Waals surface area (Å²) >= 11 is 0.